The molecule has 0 radical (unpaired) electrons. The third-order valence-electron chi connectivity index (χ3n) is 4.88. The molecule has 2 amide bonds. The zero-order valence-electron chi connectivity index (χ0n) is 17.9. The Labute approximate surface area is 169 Å². The van der Waals surface area contributed by atoms with E-state index in [1.807, 2.05) is 65.0 Å². The van der Waals surface area contributed by atoms with Gasteiger partial charge in [0.05, 0.1) is 6.42 Å². The molecular weight excluding hydrogens is 348 g/mol. The van der Waals surface area contributed by atoms with Crippen LogP contribution in [0.15, 0.2) is 42.5 Å². The lowest BCUT2D eigenvalue weighted by Crippen LogP contribution is -2.49. The highest BCUT2D eigenvalue weighted by atomic mass is 16.2. The predicted molar refractivity (Wildman–Crippen MR) is 114 cm³/mol. The molecule has 0 aromatic heterocycles. The summed E-state index contributed by atoms with van der Waals surface area (Å²) in [7, 11) is 0. The minimum Gasteiger partial charge on any atom is -0.352 e. The molecule has 4 heteroatoms. The smallest absolute Gasteiger partial charge is 0.242 e. The summed E-state index contributed by atoms with van der Waals surface area (Å²) in [5, 5.41) is 2.93. The van der Waals surface area contributed by atoms with Gasteiger partial charge in [-0.15, -0.1) is 0 Å². The largest absolute Gasteiger partial charge is 0.352 e. The number of amides is 2. The summed E-state index contributed by atoms with van der Waals surface area (Å²) in [4.78, 5) is 27.6. The van der Waals surface area contributed by atoms with Gasteiger partial charge in [0.25, 0.3) is 0 Å². The van der Waals surface area contributed by atoms with E-state index < -0.39 is 6.04 Å². The third kappa shape index (κ3) is 5.95. The van der Waals surface area contributed by atoms with E-state index in [-0.39, 0.29) is 17.9 Å². The van der Waals surface area contributed by atoms with E-state index in [2.05, 4.69) is 17.4 Å². The van der Waals surface area contributed by atoms with Crippen LogP contribution < -0.4 is 5.32 Å². The summed E-state index contributed by atoms with van der Waals surface area (Å²) in [6, 6.07) is 13.7. The maximum absolute atomic E-state index is 13.2. The molecule has 0 aliphatic carbocycles. The lowest BCUT2D eigenvalue weighted by atomic mass is 10.0. The van der Waals surface area contributed by atoms with Crippen LogP contribution in [-0.4, -0.2) is 28.8 Å². The van der Waals surface area contributed by atoms with Gasteiger partial charge in [0.2, 0.25) is 11.8 Å². The second-order valence-corrected chi connectivity index (χ2v) is 7.96. The Hall–Kier alpha value is -2.62. The molecule has 28 heavy (non-hydrogen) atoms. The molecule has 1 N–H and O–H groups in total. The number of hydrogen-bond acceptors (Lipinski definition) is 2. The molecule has 0 aliphatic heterocycles. The molecule has 0 unspecified atom stereocenters. The van der Waals surface area contributed by atoms with Gasteiger partial charge in [-0.05, 0) is 58.2 Å². The molecule has 0 fully saturated rings. The van der Waals surface area contributed by atoms with Crippen LogP contribution in [0.4, 0.5) is 0 Å². The lowest BCUT2D eigenvalue weighted by molar-refractivity contribution is -0.140. The van der Waals surface area contributed by atoms with E-state index >= 15 is 0 Å². The number of benzene rings is 2. The number of hydrogen-bond donors (Lipinski definition) is 1. The van der Waals surface area contributed by atoms with Crippen molar-refractivity contribution in [1.29, 1.82) is 0 Å². The van der Waals surface area contributed by atoms with Crippen molar-refractivity contribution in [2.75, 3.05) is 0 Å². The summed E-state index contributed by atoms with van der Waals surface area (Å²) in [5.41, 5.74) is 5.39. The summed E-state index contributed by atoms with van der Waals surface area (Å²) in [6.07, 6.45) is 0.290. The van der Waals surface area contributed by atoms with Crippen LogP contribution in [-0.2, 0) is 22.6 Å². The van der Waals surface area contributed by atoms with E-state index in [0.29, 0.717) is 13.0 Å². The summed E-state index contributed by atoms with van der Waals surface area (Å²) >= 11 is 0. The fraction of sp³-hybridized carbons (Fsp3) is 0.417. The molecule has 0 bridgehead atoms. The van der Waals surface area contributed by atoms with Crippen molar-refractivity contribution in [3.8, 4) is 0 Å². The molecule has 2 aromatic carbocycles. The maximum atomic E-state index is 13.2. The monoisotopic (exact) mass is 380 g/mol. The average Bonchev–Trinajstić information content (AvgIpc) is 2.61. The zero-order chi connectivity index (χ0) is 20.8. The highest BCUT2D eigenvalue weighted by Gasteiger charge is 2.26. The van der Waals surface area contributed by atoms with E-state index in [1.54, 1.807) is 11.8 Å². The van der Waals surface area contributed by atoms with E-state index in [9.17, 15) is 9.59 Å². The van der Waals surface area contributed by atoms with Crippen LogP contribution in [0.3, 0.4) is 0 Å². The second-order valence-electron chi connectivity index (χ2n) is 7.96. The SMILES string of the molecule is Cc1cccc(CN(C(=O)Cc2cc(C)ccc2C)[C@@H](C)C(=O)NC(C)C)c1. The first-order chi connectivity index (χ1) is 13.2. The van der Waals surface area contributed by atoms with Crippen molar-refractivity contribution in [3.05, 3.63) is 70.3 Å². The van der Waals surface area contributed by atoms with Gasteiger partial charge in [0.1, 0.15) is 6.04 Å². The Morgan fingerprint density at radius 1 is 0.964 bits per heavy atom. The first-order valence-electron chi connectivity index (χ1n) is 9.89. The van der Waals surface area contributed by atoms with E-state index in [1.165, 1.54) is 0 Å². The Morgan fingerprint density at radius 2 is 1.64 bits per heavy atom. The van der Waals surface area contributed by atoms with Gasteiger partial charge in [-0.25, -0.2) is 0 Å². The molecule has 2 rings (SSSR count). The highest BCUT2D eigenvalue weighted by molar-refractivity contribution is 5.88. The summed E-state index contributed by atoms with van der Waals surface area (Å²) in [6.45, 7) is 12.1. The summed E-state index contributed by atoms with van der Waals surface area (Å²) < 4.78 is 0. The standard InChI is InChI=1S/C24H32N2O2/c1-16(2)25-24(28)20(6)26(15-21-9-7-8-17(3)12-21)23(27)14-22-13-18(4)10-11-19(22)5/h7-13,16,20H,14-15H2,1-6H3,(H,25,28)/t20-/m0/s1. The second kappa shape index (κ2) is 9.54. The van der Waals surface area contributed by atoms with Crippen molar-refractivity contribution in [2.45, 2.75) is 66.6 Å². The number of carbonyl (C=O) groups is 2. The fourth-order valence-electron chi connectivity index (χ4n) is 3.25. The maximum Gasteiger partial charge on any atom is 0.242 e. The minimum absolute atomic E-state index is 0.0323. The quantitative estimate of drug-likeness (QED) is 0.786. The molecule has 150 valence electrons. The molecule has 0 aliphatic rings. The van der Waals surface area contributed by atoms with Crippen molar-refractivity contribution >= 4 is 11.8 Å². The minimum atomic E-state index is -0.541. The molecule has 4 nitrogen and oxygen atoms in total. The lowest BCUT2D eigenvalue weighted by Gasteiger charge is -2.30. The molecule has 1 atom stereocenters. The fourth-order valence-corrected chi connectivity index (χ4v) is 3.25. The molecular formula is C24H32N2O2. The number of nitrogens with zero attached hydrogens (tertiary/aromatic N) is 1. The van der Waals surface area contributed by atoms with Gasteiger partial charge >= 0.3 is 0 Å². The van der Waals surface area contributed by atoms with Crippen LogP contribution >= 0.6 is 0 Å². The first-order valence-corrected chi connectivity index (χ1v) is 9.89. The molecule has 0 spiro atoms. The Morgan fingerprint density at radius 3 is 2.29 bits per heavy atom. The molecule has 2 aromatic rings. The third-order valence-corrected chi connectivity index (χ3v) is 4.88. The van der Waals surface area contributed by atoms with Crippen molar-refractivity contribution in [2.24, 2.45) is 0 Å². The average molecular weight is 381 g/mol. The number of nitrogens with one attached hydrogen (secondary N) is 1. The Kier molecular flexibility index (Phi) is 7.38. The molecule has 0 saturated heterocycles. The molecule has 0 heterocycles. The molecule has 0 saturated carbocycles. The Balaban J connectivity index is 2.29. The van der Waals surface area contributed by atoms with Crippen LogP contribution in [0, 0.1) is 20.8 Å². The van der Waals surface area contributed by atoms with Crippen molar-refractivity contribution in [1.82, 2.24) is 10.2 Å². The van der Waals surface area contributed by atoms with Crippen LogP contribution in [0.25, 0.3) is 0 Å². The number of aryl methyl sites for hydroxylation is 3. The normalized spacial score (nSPS) is 12.0. The number of carbonyl (C=O) groups excluding carboxylic acids is 2. The zero-order valence-corrected chi connectivity index (χ0v) is 17.9. The van der Waals surface area contributed by atoms with E-state index in [4.69, 9.17) is 0 Å². The van der Waals surface area contributed by atoms with Gasteiger partial charge in [0, 0.05) is 12.6 Å². The predicted octanol–water partition coefficient (Wildman–Crippen LogP) is 4.10. The van der Waals surface area contributed by atoms with Gasteiger partial charge in [-0.1, -0.05) is 53.6 Å². The van der Waals surface area contributed by atoms with Crippen LogP contribution in [0.1, 0.15) is 48.6 Å². The highest BCUT2D eigenvalue weighted by Crippen LogP contribution is 2.16. The first kappa shape index (κ1) is 21.7. The topological polar surface area (TPSA) is 49.4 Å². The van der Waals surface area contributed by atoms with Gasteiger partial charge in [-0.3, -0.25) is 9.59 Å². The Bertz CT molecular complexity index is 842. The van der Waals surface area contributed by atoms with E-state index in [0.717, 1.165) is 27.8 Å². The van der Waals surface area contributed by atoms with Crippen LogP contribution in [0.5, 0.6) is 0 Å². The van der Waals surface area contributed by atoms with Crippen LogP contribution in [0.2, 0.25) is 0 Å². The van der Waals surface area contributed by atoms with Crippen molar-refractivity contribution < 1.29 is 9.59 Å². The summed E-state index contributed by atoms with van der Waals surface area (Å²) in [5.74, 6) is -0.168. The van der Waals surface area contributed by atoms with Gasteiger partial charge in [-0.2, -0.15) is 0 Å². The van der Waals surface area contributed by atoms with Crippen molar-refractivity contribution in [3.63, 3.8) is 0 Å². The van der Waals surface area contributed by atoms with Gasteiger partial charge < -0.3 is 10.2 Å². The van der Waals surface area contributed by atoms with Gasteiger partial charge in [0.15, 0.2) is 0 Å². The number of rotatable bonds is 7.